The molecule has 6 aliphatic carbocycles. The third-order valence-corrected chi connectivity index (χ3v) is 15.8. The molecule has 0 radical (unpaired) electrons. The van der Waals surface area contributed by atoms with Crippen molar-refractivity contribution >= 4 is 11.8 Å². The van der Waals surface area contributed by atoms with Crippen LogP contribution in [0.1, 0.15) is 124 Å². The van der Waals surface area contributed by atoms with Crippen LogP contribution < -0.4 is 10.6 Å². The number of likely N-dealkylation sites (N-methyl/N-ethyl adjacent to an activating group) is 1. The lowest BCUT2D eigenvalue weighted by Gasteiger charge is -2.62. The summed E-state index contributed by atoms with van der Waals surface area (Å²) in [5.74, 6) is 3.14. The monoisotopic (exact) mass is 745 g/mol. The third-order valence-electron chi connectivity index (χ3n) is 15.8. The van der Waals surface area contributed by atoms with Crippen LogP contribution in [0, 0.1) is 58.7 Å². The van der Waals surface area contributed by atoms with E-state index >= 15 is 0 Å². The molecule has 6 saturated carbocycles. The van der Waals surface area contributed by atoms with Gasteiger partial charge in [0.25, 0.3) is 0 Å². The quantitative estimate of drug-likeness (QED) is 0.187. The molecule has 2 bridgehead atoms. The molecular formula is C43H76N4O6. The summed E-state index contributed by atoms with van der Waals surface area (Å²) in [6, 6.07) is -0.341. The van der Waals surface area contributed by atoms with Gasteiger partial charge in [-0.05, 0) is 120 Å². The van der Waals surface area contributed by atoms with Crippen LogP contribution in [0.15, 0.2) is 0 Å². The molecule has 3 unspecified atom stereocenters. The van der Waals surface area contributed by atoms with Crippen molar-refractivity contribution in [2.24, 2.45) is 58.7 Å². The molecular weight excluding hydrogens is 668 g/mol. The number of nitrogens with zero attached hydrogens (tertiary/aromatic N) is 2. The van der Waals surface area contributed by atoms with E-state index in [9.17, 15) is 19.8 Å². The minimum Gasteiger partial charge on any atom is -0.394 e. The summed E-state index contributed by atoms with van der Waals surface area (Å²) in [5, 5.41) is 30.0. The van der Waals surface area contributed by atoms with Crippen LogP contribution in [0.3, 0.4) is 0 Å². The fraction of sp³-hybridized carbons (Fsp3) is 0.953. The lowest BCUT2D eigenvalue weighted by atomic mass is 9.45. The van der Waals surface area contributed by atoms with E-state index in [4.69, 9.17) is 9.57 Å². The van der Waals surface area contributed by atoms with Crippen LogP contribution in [0.25, 0.3) is 0 Å². The molecule has 53 heavy (non-hydrogen) atoms. The minimum atomic E-state index is -0.806. The number of hydroxylamine groups is 2. The summed E-state index contributed by atoms with van der Waals surface area (Å²) in [7, 11) is 6.04. The Labute approximate surface area is 321 Å². The predicted molar refractivity (Wildman–Crippen MR) is 207 cm³/mol. The van der Waals surface area contributed by atoms with Gasteiger partial charge in [-0.3, -0.25) is 14.4 Å². The second-order valence-corrected chi connectivity index (χ2v) is 19.6. The number of nitrogens with one attached hydrogen (secondary N) is 2. The van der Waals surface area contributed by atoms with Crippen molar-refractivity contribution in [2.75, 3.05) is 40.9 Å². The number of carbonyl (C=O) groups excluding carboxylic acids is 2. The fourth-order valence-electron chi connectivity index (χ4n) is 12.7. The summed E-state index contributed by atoms with van der Waals surface area (Å²) in [5.41, 5.74) is 0.328. The molecule has 7 rings (SSSR count). The van der Waals surface area contributed by atoms with Crippen LogP contribution in [0.4, 0.5) is 0 Å². The Bertz CT molecular complexity index is 1200. The average molecular weight is 745 g/mol. The molecule has 1 heterocycles. The molecule has 7 aliphatic rings. The summed E-state index contributed by atoms with van der Waals surface area (Å²) in [6.45, 7) is 9.91. The first-order valence-electron chi connectivity index (χ1n) is 21.8. The first kappa shape index (κ1) is 41.3. The summed E-state index contributed by atoms with van der Waals surface area (Å²) >= 11 is 0. The van der Waals surface area contributed by atoms with Gasteiger partial charge in [-0.25, -0.2) is 0 Å². The Balaban J connectivity index is 1.06. The molecule has 0 aromatic heterocycles. The molecule has 0 aromatic carbocycles. The van der Waals surface area contributed by atoms with Gasteiger partial charge in [-0.1, -0.05) is 59.3 Å². The van der Waals surface area contributed by atoms with E-state index in [-0.39, 0.29) is 48.4 Å². The van der Waals surface area contributed by atoms with Gasteiger partial charge in [0.2, 0.25) is 11.8 Å². The average Bonchev–Trinajstić information content (AvgIpc) is 3.51. The van der Waals surface area contributed by atoms with Crippen molar-refractivity contribution < 1.29 is 29.4 Å². The zero-order valence-electron chi connectivity index (χ0n) is 34.3. The van der Waals surface area contributed by atoms with Gasteiger partial charge in [0.05, 0.1) is 18.8 Å². The highest BCUT2D eigenvalue weighted by molar-refractivity contribution is 5.83. The van der Waals surface area contributed by atoms with E-state index in [1.54, 1.807) is 6.92 Å². The van der Waals surface area contributed by atoms with Crippen LogP contribution >= 0.6 is 0 Å². The van der Waals surface area contributed by atoms with Crippen molar-refractivity contribution in [3.05, 3.63) is 0 Å². The van der Waals surface area contributed by atoms with E-state index < -0.39 is 24.2 Å². The fourth-order valence-corrected chi connectivity index (χ4v) is 12.7. The van der Waals surface area contributed by atoms with E-state index in [1.165, 1.54) is 38.5 Å². The van der Waals surface area contributed by atoms with Gasteiger partial charge >= 0.3 is 0 Å². The molecule has 1 aliphatic heterocycles. The van der Waals surface area contributed by atoms with Crippen LogP contribution in [0.5, 0.6) is 0 Å². The number of rotatable bonds is 14. The molecule has 1 saturated heterocycles. The topological polar surface area (TPSA) is 124 Å². The number of methoxy groups -OCH3 is 1. The number of aliphatic hydroxyl groups is 2. The smallest absolute Gasteiger partial charge is 0.240 e. The minimum absolute atomic E-state index is 0.0253. The van der Waals surface area contributed by atoms with E-state index in [0.717, 1.165) is 70.3 Å². The van der Waals surface area contributed by atoms with Gasteiger partial charge in [0, 0.05) is 50.0 Å². The molecule has 0 spiro atoms. The normalized spacial score (nSPS) is 40.3. The maximum atomic E-state index is 14.2. The highest BCUT2D eigenvalue weighted by atomic mass is 16.7. The molecule has 10 nitrogen and oxygen atoms in total. The maximum Gasteiger partial charge on any atom is 0.240 e. The second-order valence-electron chi connectivity index (χ2n) is 19.6. The Hall–Kier alpha value is -1.30. The second kappa shape index (κ2) is 17.9. The Morgan fingerprint density at radius 2 is 1.70 bits per heavy atom. The van der Waals surface area contributed by atoms with Gasteiger partial charge in [-0.15, -0.1) is 0 Å². The first-order valence-corrected chi connectivity index (χ1v) is 21.8. The SMILES string of the molecule is COC1C(CN2O[C@@H](CO)[C@H]([C@H](C)O)[C@H]2C(=O)N[C@H]2C[C@H]3C[C@@H]([C@@H]2C)C3(C)C)CCCC1C1CCC(C(=O)N[C@@H](CC2CCCCC2)CN(C)C)CC1. The lowest BCUT2D eigenvalue weighted by Crippen LogP contribution is -2.62. The summed E-state index contributed by atoms with van der Waals surface area (Å²) in [4.78, 5) is 36.5. The van der Waals surface area contributed by atoms with Gasteiger partial charge < -0.3 is 30.5 Å². The summed E-state index contributed by atoms with van der Waals surface area (Å²) in [6.07, 6.45) is 15.6. The number of carbonyl (C=O) groups is 2. The zero-order chi connectivity index (χ0) is 38.0. The molecule has 2 amide bonds. The van der Waals surface area contributed by atoms with Crippen molar-refractivity contribution in [2.45, 2.75) is 160 Å². The molecule has 0 aromatic rings. The molecule has 12 atom stereocenters. The highest BCUT2D eigenvalue weighted by Gasteiger charge is 2.58. The Morgan fingerprint density at radius 3 is 2.30 bits per heavy atom. The standard InChI is InChI=1S/C43H76N4O6/c1-26-35-21-32(43(35,3)4)22-36(26)45-42(51)39-38(27(2)49)37(25-48)53-47(39)23-31-14-11-15-34(40(31)52-7)29-16-18-30(19-17-29)41(50)44-33(24-46(5)6)20-28-12-9-8-10-13-28/h26-40,48-49H,8-25H2,1-7H3,(H,44,50)(H,45,51)/t26-,27-,29?,30?,31?,32+,33-,34?,35-,36-,37-,38-,39-,40?/m0/s1. The van der Waals surface area contributed by atoms with Crippen molar-refractivity contribution in [1.29, 1.82) is 0 Å². The van der Waals surface area contributed by atoms with Crippen LogP contribution in [0.2, 0.25) is 0 Å². The van der Waals surface area contributed by atoms with Gasteiger partial charge in [0.1, 0.15) is 12.1 Å². The predicted octanol–water partition coefficient (Wildman–Crippen LogP) is 5.40. The van der Waals surface area contributed by atoms with Crippen LogP contribution in [-0.4, -0.2) is 109 Å². The maximum absolute atomic E-state index is 14.2. The van der Waals surface area contributed by atoms with Crippen molar-refractivity contribution in [3.8, 4) is 0 Å². The number of amides is 2. The van der Waals surface area contributed by atoms with Crippen LogP contribution in [-0.2, 0) is 19.2 Å². The summed E-state index contributed by atoms with van der Waals surface area (Å²) < 4.78 is 6.35. The molecule has 4 N–H and O–H groups in total. The van der Waals surface area contributed by atoms with E-state index in [1.807, 2.05) is 12.2 Å². The van der Waals surface area contributed by atoms with Crippen molar-refractivity contribution in [3.63, 3.8) is 0 Å². The largest absolute Gasteiger partial charge is 0.394 e. The molecule has 304 valence electrons. The lowest BCUT2D eigenvalue weighted by molar-refractivity contribution is -0.193. The molecule has 10 heteroatoms. The Morgan fingerprint density at radius 1 is 0.981 bits per heavy atom. The number of hydrogen-bond acceptors (Lipinski definition) is 8. The zero-order valence-corrected chi connectivity index (χ0v) is 34.3. The van der Waals surface area contributed by atoms with E-state index in [0.29, 0.717) is 41.5 Å². The Kier molecular flexibility index (Phi) is 13.9. The van der Waals surface area contributed by atoms with E-state index in [2.05, 4.69) is 50.4 Å². The first-order chi connectivity index (χ1) is 25.3. The number of aliphatic hydroxyl groups excluding tert-OH is 2. The van der Waals surface area contributed by atoms with Crippen molar-refractivity contribution in [1.82, 2.24) is 20.6 Å². The number of ether oxygens (including phenoxy) is 1. The number of fused-ring (bicyclic) bond motifs is 2. The van der Waals surface area contributed by atoms with Gasteiger partial charge in [-0.2, -0.15) is 5.06 Å². The number of hydrogen-bond donors (Lipinski definition) is 4. The van der Waals surface area contributed by atoms with Gasteiger partial charge in [0.15, 0.2) is 0 Å². The molecule has 7 fully saturated rings. The third kappa shape index (κ3) is 9.14. The highest BCUT2D eigenvalue weighted by Crippen LogP contribution is 2.61.